The molecule has 2 aromatic carbocycles. The molecule has 1 aromatic heterocycles. The molecule has 25 heavy (non-hydrogen) atoms. The number of nitrogens with one attached hydrogen (secondary N) is 2. The number of rotatable bonds is 6. The van der Waals surface area contributed by atoms with E-state index in [9.17, 15) is 0 Å². The molecule has 0 radical (unpaired) electrons. The molecular weight excluding hydrogens is 312 g/mol. The van der Waals surface area contributed by atoms with Gasteiger partial charge in [0.25, 0.3) is 0 Å². The summed E-state index contributed by atoms with van der Waals surface area (Å²) in [5, 5.41) is 6.68. The van der Waals surface area contributed by atoms with Crippen LogP contribution in [0.3, 0.4) is 0 Å². The number of benzene rings is 2. The highest BCUT2D eigenvalue weighted by molar-refractivity contribution is 5.68. The highest BCUT2D eigenvalue weighted by atomic mass is 16.5. The predicted molar refractivity (Wildman–Crippen MR) is 102 cm³/mol. The molecule has 3 rings (SSSR count). The smallest absolute Gasteiger partial charge is 0.142 e. The lowest BCUT2D eigenvalue weighted by Gasteiger charge is -2.14. The van der Waals surface area contributed by atoms with Crippen LogP contribution in [0.25, 0.3) is 0 Å². The molecule has 0 aliphatic rings. The van der Waals surface area contributed by atoms with Crippen molar-refractivity contribution in [3.8, 4) is 5.75 Å². The number of aryl methyl sites for hydroxylation is 2. The summed E-state index contributed by atoms with van der Waals surface area (Å²) in [5.74, 6) is 2.96. The summed E-state index contributed by atoms with van der Waals surface area (Å²) in [5.41, 5.74) is 3.07. The van der Waals surface area contributed by atoms with Gasteiger partial charge in [-0.2, -0.15) is 0 Å². The number of hydrogen-bond donors (Lipinski definition) is 2. The highest BCUT2D eigenvalue weighted by Gasteiger charge is 2.07. The van der Waals surface area contributed by atoms with Gasteiger partial charge in [0.15, 0.2) is 0 Å². The average molecular weight is 334 g/mol. The van der Waals surface area contributed by atoms with Gasteiger partial charge in [0, 0.05) is 11.8 Å². The van der Waals surface area contributed by atoms with E-state index >= 15 is 0 Å². The minimum absolute atomic E-state index is 0.613. The van der Waals surface area contributed by atoms with Crippen LogP contribution in [0.2, 0.25) is 0 Å². The number of nitrogens with zero attached hydrogens (tertiary/aromatic N) is 2. The largest absolute Gasteiger partial charge is 0.492 e. The minimum atomic E-state index is 0.613. The second kappa shape index (κ2) is 7.66. The van der Waals surface area contributed by atoms with Gasteiger partial charge in [-0.1, -0.05) is 30.3 Å². The Hall–Kier alpha value is -3.08. The van der Waals surface area contributed by atoms with Gasteiger partial charge in [-0.05, 0) is 44.5 Å². The van der Waals surface area contributed by atoms with Gasteiger partial charge in [0.05, 0.1) is 12.3 Å². The first-order valence-electron chi connectivity index (χ1n) is 8.33. The maximum atomic E-state index is 5.66. The van der Waals surface area contributed by atoms with Crippen LogP contribution in [0.4, 0.5) is 23.0 Å². The van der Waals surface area contributed by atoms with Crippen molar-refractivity contribution < 1.29 is 4.74 Å². The molecule has 0 bridgehead atoms. The number of hydrogen-bond acceptors (Lipinski definition) is 5. The molecule has 0 aliphatic heterocycles. The van der Waals surface area contributed by atoms with E-state index in [1.54, 1.807) is 0 Å². The SMILES string of the molecule is CCOc1ccccc1Nc1cc(Nc2ccccc2C)nc(C)n1. The van der Waals surface area contributed by atoms with E-state index in [0.717, 1.165) is 34.3 Å². The summed E-state index contributed by atoms with van der Waals surface area (Å²) in [7, 11) is 0. The summed E-state index contributed by atoms with van der Waals surface area (Å²) in [4.78, 5) is 8.95. The molecule has 0 amide bonds. The Morgan fingerprint density at radius 2 is 1.44 bits per heavy atom. The minimum Gasteiger partial charge on any atom is -0.492 e. The molecule has 0 unspecified atom stereocenters. The zero-order chi connectivity index (χ0) is 17.6. The van der Waals surface area contributed by atoms with Crippen molar-refractivity contribution in [3.63, 3.8) is 0 Å². The van der Waals surface area contributed by atoms with Crippen LogP contribution < -0.4 is 15.4 Å². The van der Waals surface area contributed by atoms with Crippen LogP contribution in [0, 0.1) is 13.8 Å². The molecule has 128 valence electrons. The van der Waals surface area contributed by atoms with Crippen LogP contribution in [-0.2, 0) is 0 Å². The molecule has 3 aromatic rings. The Kier molecular flexibility index (Phi) is 5.14. The zero-order valence-electron chi connectivity index (χ0n) is 14.7. The molecule has 0 saturated carbocycles. The highest BCUT2D eigenvalue weighted by Crippen LogP contribution is 2.28. The van der Waals surface area contributed by atoms with Gasteiger partial charge in [-0.15, -0.1) is 0 Å². The summed E-state index contributed by atoms with van der Waals surface area (Å²) in [6.07, 6.45) is 0. The Morgan fingerprint density at radius 1 is 0.840 bits per heavy atom. The quantitative estimate of drug-likeness (QED) is 0.666. The molecule has 1 heterocycles. The van der Waals surface area contributed by atoms with Crippen LogP contribution >= 0.6 is 0 Å². The molecule has 0 spiro atoms. The molecule has 5 heteroatoms. The fourth-order valence-corrected chi connectivity index (χ4v) is 2.54. The first-order chi connectivity index (χ1) is 12.2. The van der Waals surface area contributed by atoms with E-state index < -0.39 is 0 Å². The molecule has 0 atom stereocenters. The fraction of sp³-hybridized carbons (Fsp3) is 0.200. The molecule has 2 N–H and O–H groups in total. The number of para-hydroxylation sites is 3. The van der Waals surface area contributed by atoms with E-state index in [1.807, 2.05) is 62.4 Å². The normalized spacial score (nSPS) is 10.4. The number of anilines is 4. The Balaban J connectivity index is 1.86. The van der Waals surface area contributed by atoms with Crippen LogP contribution in [0.5, 0.6) is 5.75 Å². The number of aromatic nitrogens is 2. The van der Waals surface area contributed by atoms with Crippen molar-refractivity contribution in [2.75, 3.05) is 17.2 Å². The topological polar surface area (TPSA) is 59.1 Å². The maximum Gasteiger partial charge on any atom is 0.142 e. The third-order valence-electron chi connectivity index (χ3n) is 3.70. The standard InChI is InChI=1S/C20H22N4O/c1-4-25-18-12-8-7-11-17(18)24-20-13-19(21-15(3)22-20)23-16-10-6-5-9-14(16)2/h5-13H,4H2,1-3H3,(H2,21,22,23,24). The summed E-state index contributed by atoms with van der Waals surface area (Å²) < 4.78 is 5.66. The Labute approximate surface area is 148 Å². The van der Waals surface area contributed by atoms with Crippen molar-refractivity contribution in [1.82, 2.24) is 9.97 Å². The molecule has 0 aliphatic carbocycles. The van der Waals surface area contributed by atoms with E-state index in [-0.39, 0.29) is 0 Å². The van der Waals surface area contributed by atoms with Crippen molar-refractivity contribution in [3.05, 3.63) is 66.0 Å². The number of ether oxygens (including phenoxy) is 1. The van der Waals surface area contributed by atoms with Crippen molar-refractivity contribution in [1.29, 1.82) is 0 Å². The second-order valence-electron chi connectivity index (χ2n) is 5.68. The fourth-order valence-electron chi connectivity index (χ4n) is 2.54. The monoisotopic (exact) mass is 334 g/mol. The lowest BCUT2D eigenvalue weighted by molar-refractivity contribution is 0.342. The first kappa shape index (κ1) is 16.8. The van der Waals surface area contributed by atoms with Gasteiger partial charge in [0.2, 0.25) is 0 Å². The molecule has 5 nitrogen and oxygen atoms in total. The van der Waals surface area contributed by atoms with Crippen LogP contribution in [0.15, 0.2) is 54.6 Å². The van der Waals surface area contributed by atoms with Gasteiger partial charge in [0.1, 0.15) is 23.2 Å². The van der Waals surface area contributed by atoms with Gasteiger partial charge in [-0.3, -0.25) is 0 Å². The van der Waals surface area contributed by atoms with E-state index in [2.05, 4.69) is 33.6 Å². The van der Waals surface area contributed by atoms with Crippen molar-refractivity contribution in [2.45, 2.75) is 20.8 Å². The Morgan fingerprint density at radius 3 is 2.12 bits per heavy atom. The summed E-state index contributed by atoms with van der Waals surface area (Å²) in [6.45, 7) is 6.52. The van der Waals surface area contributed by atoms with Crippen molar-refractivity contribution in [2.24, 2.45) is 0 Å². The molecule has 0 fully saturated rings. The van der Waals surface area contributed by atoms with Gasteiger partial charge < -0.3 is 15.4 Å². The van der Waals surface area contributed by atoms with Crippen molar-refractivity contribution >= 4 is 23.0 Å². The third kappa shape index (κ3) is 4.26. The van der Waals surface area contributed by atoms with Crippen LogP contribution in [-0.4, -0.2) is 16.6 Å². The summed E-state index contributed by atoms with van der Waals surface area (Å²) >= 11 is 0. The molecule has 0 saturated heterocycles. The zero-order valence-corrected chi connectivity index (χ0v) is 14.7. The van der Waals surface area contributed by atoms with E-state index in [0.29, 0.717) is 12.4 Å². The Bertz CT molecular complexity index is 864. The van der Waals surface area contributed by atoms with Crippen LogP contribution in [0.1, 0.15) is 18.3 Å². The van der Waals surface area contributed by atoms with E-state index in [1.165, 1.54) is 0 Å². The lowest BCUT2D eigenvalue weighted by atomic mass is 10.2. The lowest BCUT2D eigenvalue weighted by Crippen LogP contribution is -2.03. The predicted octanol–water partition coefficient (Wildman–Crippen LogP) is 4.98. The van der Waals surface area contributed by atoms with Gasteiger partial charge in [-0.25, -0.2) is 9.97 Å². The second-order valence-corrected chi connectivity index (χ2v) is 5.68. The summed E-state index contributed by atoms with van der Waals surface area (Å²) in [6, 6.07) is 17.8. The van der Waals surface area contributed by atoms with Gasteiger partial charge >= 0.3 is 0 Å². The molecular formula is C20H22N4O. The maximum absolute atomic E-state index is 5.66. The third-order valence-corrected chi connectivity index (χ3v) is 3.70. The van der Waals surface area contributed by atoms with E-state index in [4.69, 9.17) is 4.74 Å². The first-order valence-corrected chi connectivity index (χ1v) is 8.33. The average Bonchev–Trinajstić information content (AvgIpc) is 2.58.